The van der Waals surface area contributed by atoms with Gasteiger partial charge in [0.05, 0.1) is 11.0 Å². The Morgan fingerprint density at radius 1 is 1.11 bits per heavy atom. The van der Waals surface area contributed by atoms with Crippen molar-refractivity contribution in [3.63, 3.8) is 0 Å². The monoisotopic (exact) mass is 424 g/mol. The van der Waals surface area contributed by atoms with Crippen molar-refractivity contribution in [1.29, 1.82) is 0 Å². The molecule has 0 radical (unpaired) electrons. The molecule has 0 spiro atoms. The Bertz CT molecular complexity index is 892. The van der Waals surface area contributed by atoms with Crippen molar-refractivity contribution in [3.8, 4) is 5.75 Å². The maximum atomic E-state index is 12.4. The molecule has 152 valence electrons. The van der Waals surface area contributed by atoms with Crippen molar-refractivity contribution in [1.82, 2.24) is 14.9 Å². The van der Waals surface area contributed by atoms with Crippen LogP contribution in [-0.2, 0) is 17.9 Å². The first-order chi connectivity index (χ1) is 12.4. The SMILES string of the molecule is CC(C)(N)CNC(=O)Cn1c(COc2ccccc2)nc2ccccc21.Cl.Cl. The first-order valence-corrected chi connectivity index (χ1v) is 8.60. The molecular weight excluding hydrogens is 399 g/mol. The predicted octanol–water partition coefficient (Wildman–Crippen LogP) is 3.31. The zero-order valence-electron chi connectivity index (χ0n) is 15.9. The van der Waals surface area contributed by atoms with Gasteiger partial charge in [-0.2, -0.15) is 0 Å². The molecule has 3 N–H and O–H groups in total. The molecule has 2 aromatic carbocycles. The average molecular weight is 425 g/mol. The lowest BCUT2D eigenvalue weighted by atomic mass is 10.1. The number of nitrogens with zero attached hydrogens (tertiary/aromatic N) is 2. The summed E-state index contributed by atoms with van der Waals surface area (Å²) in [7, 11) is 0. The minimum atomic E-state index is -0.452. The van der Waals surface area contributed by atoms with Crippen LogP contribution in [0.25, 0.3) is 11.0 Å². The van der Waals surface area contributed by atoms with E-state index in [1.807, 2.05) is 73.0 Å². The number of fused-ring (bicyclic) bond motifs is 1. The zero-order chi connectivity index (χ0) is 18.6. The average Bonchev–Trinajstić information content (AvgIpc) is 2.96. The quantitative estimate of drug-likeness (QED) is 0.609. The Balaban J connectivity index is 0.00000196. The summed E-state index contributed by atoms with van der Waals surface area (Å²) in [5.41, 5.74) is 7.23. The second-order valence-electron chi connectivity index (χ2n) is 6.97. The van der Waals surface area contributed by atoms with E-state index in [1.165, 1.54) is 0 Å². The maximum absolute atomic E-state index is 12.4. The predicted molar refractivity (Wildman–Crippen MR) is 116 cm³/mol. The molecule has 6 nitrogen and oxygen atoms in total. The number of carbonyl (C=O) groups is 1. The van der Waals surface area contributed by atoms with Gasteiger partial charge in [-0.25, -0.2) is 4.98 Å². The number of benzene rings is 2. The van der Waals surface area contributed by atoms with E-state index in [1.54, 1.807) is 0 Å². The lowest BCUT2D eigenvalue weighted by Gasteiger charge is -2.19. The largest absolute Gasteiger partial charge is 0.486 e. The molecule has 0 saturated heterocycles. The fourth-order valence-electron chi connectivity index (χ4n) is 2.60. The number of rotatable bonds is 7. The van der Waals surface area contributed by atoms with E-state index in [0.717, 1.165) is 16.8 Å². The molecule has 0 atom stereocenters. The summed E-state index contributed by atoms with van der Waals surface area (Å²) < 4.78 is 7.71. The van der Waals surface area contributed by atoms with E-state index in [-0.39, 0.29) is 43.9 Å². The lowest BCUT2D eigenvalue weighted by Crippen LogP contribution is -2.45. The molecule has 0 aliphatic carbocycles. The van der Waals surface area contributed by atoms with E-state index >= 15 is 0 Å². The number of carbonyl (C=O) groups excluding carboxylic acids is 1. The number of hydrogen-bond donors (Lipinski definition) is 2. The van der Waals surface area contributed by atoms with Gasteiger partial charge in [0.25, 0.3) is 0 Å². The van der Waals surface area contributed by atoms with Crippen molar-refractivity contribution >= 4 is 41.8 Å². The van der Waals surface area contributed by atoms with Crippen molar-refractivity contribution in [2.45, 2.75) is 32.5 Å². The molecule has 1 aromatic heterocycles. The van der Waals surface area contributed by atoms with Crippen LogP contribution < -0.4 is 15.8 Å². The van der Waals surface area contributed by atoms with Crippen LogP contribution in [-0.4, -0.2) is 27.5 Å². The van der Waals surface area contributed by atoms with Crippen molar-refractivity contribution in [2.24, 2.45) is 5.73 Å². The molecule has 0 aliphatic rings. The summed E-state index contributed by atoms with van der Waals surface area (Å²) in [5.74, 6) is 1.37. The molecule has 1 amide bonds. The Kier molecular flexibility index (Phi) is 8.75. The standard InChI is InChI=1S/C20H24N4O2.2ClH/c1-20(2,21)14-22-19(25)12-24-17-11-7-6-10-16(17)23-18(24)13-26-15-8-4-3-5-9-15;;/h3-11H,12-14,21H2,1-2H3,(H,22,25);2*1H. The Labute approximate surface area is 177 Å². The Hall–Kier alpha value is -2.28. The number of aromatic nitrogens is 2. The highest BCUT2D eigenvalue weighted by molar-refractivity contribution is 5.85. The molecule has 0 saturated carbocycles. The normalized spacial score (nSPS) is 10.7. The van der Waals surface area contributed by atoms with Gasteiger partial charge in [-0.15, -0.1) is 24.8 Å². The molecule has 0 fully saturated rings. The van der Waals surface area contributed by atoms with Crippen LogP contribution >= 0.6 is 24.8 Å². The van der Waals surface area contributed by atoms with E-state index < -0.39 is 5.54 Å². The van der Waals surface area contributed by atoms with Gasteiger partial charge in [-0.1, -0.05) is 30.3 Å². The van der Waals surface area contributed by atoms with Gasteiger partial charge in [0.1, 0.15) is 24.7 Å². The molecule has 8 heteroatoms. The molecule has 0 unspecified atom stereocenters. The van der Waals surface area contributed by atoms with Gasteiger partial charge in [0, 0.05) is 12.1 Å². The molecule has 3 aromatic rings. The van der Waals surface area contributed by atoms with Gasteiger partial charge < -0.3 is 20.4 Å². The van der Waals surface area contributed by atoms with Crippen LogP contribution in [0, 0.1) is 0 Å². The Morgan fingerprint density at radius 2 is 1.75 bits per heavy atom. The smallest absolute Gasteiger partial charge is 0.240 e. The number of nitrogens with one attached hydrogen (secondary N) is 1. The van der Waals surface area contributed by atoms with Gasteiger partial charge in [-0.05, 0) is 38.1 Å². The van der Waals surface area contributed by atoms with E-state index in [9.17, 15) is 4.79 Å². The van der Waals surface area contributed by atoms with E-state index in [0.29, 0.717) is 12.4 Å². The van der Waals surface area contributed by atoms with Crippen LogP contribution in [0.3, 0.4) is 0 Å². The molecule has 3 rings (SSSR count). The third kappa shape index (κ3) is 6.41. The Morgan fingerprint density at radius 3 is 2.43 bits per heavy atom. The summed E-state index contributed by atoms with van der Waals surface area (Å²) in [6.45, 7) is 4.62. The molecule has 1 heterocycles. The molecular formula is C20H26Cl2N4O2. The van der Waals surface area contributed by atoms with Crippen LogP contribution in [0.2, 0.25) is 0 Å². The van der Waals surface area contributed by atoms with Crippen LogP contribution in [0.4, 0.5) is 0 Å². The second kappa shape index (κ2) is 10.3. The van der Waals surface area contributed by atoms with Crippen LogP contribution in [0.15, 0.2) is 54.6 Å². The fourth-order valence-corrected chi connectivity index (χ4v) is 2.60. The van der Waals surface area contributed by atoms with Gasteiger partial charge in [0.15, 0.2) is 0 Å². The topological polar surface area (TPSA) is 82.2 Å². The number of nitrogens with two attached hydrogens (primary N) is 1. The fraction of sp³-hybridized carbons (Fsp3) is 0.300. The third-order valence-electron chi connectivity index (χ3n) is 3.89. The highest BCUT2D eigenvalue weighted by Gasteiger charge is 2.16. The maximum Gasteiger partial charge on any atom is 0.240 e. The summed E-state index contributed by atoms with van der Waals surface area (Å²) in [4.78, 5) is 17.0. The van der Waals surface area contributed by atoms with Crippen molar-refractivity contribution in [2.75, 3.05) is 6.54 Å². The number of para-hydroxylation sites is 3. The number of halogens is 2. The van der Waals surface area contributed by atoms with Crippen molar-refractivity contribution in [3.05, 3.63) is 60.4 Å². The van der Waals surface area contributed by atoms with Crippen LogP contribution in [0.1, 0.15) is 19.7 Å². The molecule has 0 aliphatic heterocycles. The number of hydrogen-bond acceptors (Lipinski definition) is 4. The van der Waals surface area contributed by atoms with Crippen molar-refractivity contribution < 1.29 is 9.53 Å². The first-order valence-electron chi connectivity index (χ1n) is 8.60. The third-order valence-corrected chi connectivity index (χ3v) is 3.89. The minimum absolute atomic E-state index is 0. The highest BCUT2D eigenvalue weighted by Crippen LogP contribution is 2.18. The molecule has 28 heavy (non-hydrogen) atoms. The summed E-state index contributed by atoms with van der Waals surface area (Å²) >= 11 is 0. The van der Waals surface area contributed by atoms with Crippen LogP contribution in [0.5, 0.6) is 5.75 Å². The van der Waals surface area contributed by atoms with E-state index in [2.05, 4.69) is 10.3 Å². The summed E-state index contributed by atoms with van der Waals surface area (Å²) in [6, 6.07) is 17.3. The number of ether oxygens (including phenoxy) is 1. The van der Waals surface area contributed by atoms with Gasteiger partial charge >= 0.3 is 0 Å². The summed E-state index contributed by atoms with van der Waals surface area (Å²) in [5, 5.41) is 2.87. The number of imidazole rings is 1. The molecule has 0 bridgehead atoms. The zero-order valence-corrected chi connectivity index (χ0v) is 17.6. The first kappa shape index (κ1) is 23.8. The second-order valence-corrected chi connectivity index (χ2v) is 6.97. The highest BCUT2D eigenvalue weighted by atomic mass is 35.5. The van der Waals surface area contributed by atoms with Gasteiger partial charge in [0.2, 0.25) is 5.91 Å². The lowest BCUT2D eigenvalue weighted by molar-refractivity contribution is -0.121. The summed E-state index contributed by atoms with van der Waals surface area (Å²) in [6.07, 6.45) is 0. The minimum Gasteiger partial charge on any atom is -0.486 e. The number of amides is 1. The van der Waals surface area contributed by atoms with Gasteiger partial charge in [-0.3, -0.25) is 4.79 Å². The van der Waals surface area contributed by atoms with E-state index in [4.69, 9.17) is 10.5 Å².